The fourth-order valence-corrected chi connectivity index (χ4v) is 0.907. The molecule has 1 amide bonds. The fraction of sp³-hybridized carbons (Fsp3) is 0.667. The van der Waals surface area contributed by atoms with Crippen molar-refractivity contribution in [1.82, 2.24) is 5.32 Å². The van der Waals surface area contributed by atoms with E-state index in [0.717, 1.165) is 38.8 Å². The highest BCUT2D eigenvalue weighted by Gasteiger charge is 1.92. The average molecular weight is 207 g/mol. The predicted molar refractivity (Wildman–Crippen MR) is 58.0 cm³/mol. The van der Waals surface area contributed by atoms with E-state index in [9.17, 15) is 4.79 Å². The van der Waals surface area contributed by atoms with E-state index in [0.29, 0.717) is 0 Å². The Bertz CT molecular complexity index is 140. The summed E-state index contributed by atoms with van der Waals surface area (Å²) in [5, 5.41) is 2.72. The quantitative estimate of drug-likeness (QED) is 0.486. The Morgan fingerprint density at radius 2 is 1.92 bits per heavy atom. The molecular weight excluding hydrogens is 188 g/mol. The van der Waals surface area contributed by atoms with Gasteiger partial charge in [-0.15, -0.1) is 12.4 Å². The van der Waals surface area contributed by atoms with Crippen LogP contribution < -0.4 is 11.1 Å². The van der Waals surface area contributed by atoms with Crippen LogP contribution in [0.3, 0.4) is 0 Å². The van der Waals surface area contributed by atoms with E-state index in [1.807, 2.05) is 0 Å². The SMILES string of the molecule is C=CC(=O)NCCCCCCN.Cl. The first-order valence-electron chi connectivity index (χ1n) is 4.41. The summed E-state index contributed by atoms with van der Waals surface area (Å²) in [5.74, 6) is -0.0891. The molecule has 0 spiro atoms. The summed E-state index contributed by atoms with van der Waals surface area (Å²) >= 11 is 0. The zero-order valence-electron chi connectivity index (χ0n) is 7.92. The van der Waals surface area contributed by atoms with E-state index >= 15 is 0 Å². The Morgan fingerprint density at radius 3 is 2.46 bits per heavy atom. The topological polar surface area (TPSA) is 55.1 Å². The van der Waals surface area contributed by atoms with Gasteiger partial charge in [-0.3, -0.25) is 4.79 Å². The highest BCUT2D eigenvalue weighted by Crippen LogP contribution is 1.96. The Hall–Kier alpha value is -0.540. The molecule has 0 atom stereocenters. The molecule has 0 unspecified atom stereocenters. The highest BCUT2D eigenvalue weighted by molar-refractivity contribution is 5.86. The third-order valence-electron chi connectivity index (χ3n) is 1.62. The first-order valence-corrected chi connectivity index (χ1v) is 4.41. The van der Waals surface area contributed by atoms with Crippen molar-refractivity contribution in [2.75, 3.05) is 13.1 Å². The Kier molecular flexibility index (Phi) is 13.2. The van der Waals surface area contributed by atoms with Crippen LogP contribution in [-0.2, 0) is 4.79 Å². The van der Waals surface area contributed by atoms with E-state index < -0.39 is 0 Å². The summed E-state index contributed by atoms with van der Waals surface area (Å²) < 4.78 is 0. The number of carbonyl (C=O) groups excluding carboxylic acids is 1. The molecule has 0 fully saturated rings. The summed E-state index contributed by atoms with van der Waals surface area (Å²) in [6, 6.07) is 0. The molecule has 0 saturated carbocycles. The molecule has 0 aromatic heterocycles. The molecule has 4 heteroatoms. The first-order chi connectivity index (χ1) is 5.81. The van der Waals surface area contributed by atoms with Crippen LogP contribution in [-0.4, -0.2) is 19.0 Å². The number of amides is 1. The summed E-state index contributed by atoms with van der Waals surface area (Å²) in [6.07, 6.45) is 5.68. The van der Waals surface area contributed by atoms with Crippen molar-refractivity contribution in [1.29, 1.82) is 0 Å². The van der Waals surface area contributed by atoms with Gasteiger partial charge in [0.1, 0.15) is 0 Å². The average Bonchev–Trinajstić information content (AvgIpc) is 2.10. The van der Waals surface area contributed by atoms with E-state index in [-0.39, 0.29) is 18.3 Å². The van der Waals surface area contributed by atoms with E-state index in [2.05, 4.69) is 11.9 Å². The normalized spacial score (nSPS) is 8.69. The largest absolute Gasteiger partial charge is 0.353 e. The molecule has 78 valence electrons. The van der Waals surface area contributed by atoms with E-state index in [1.54, 1.807) is 0 Å². The van der Waals surface area contributed by atoms with Crippen LogP contribution in [0.2, 0.25) is 0 Å². The molecule has 0 aliphatic rings. The maximum absolute atomic E-state index is 10.7. The number of halogens is 1. The summed E-state index contributed by atoms with van der Waals surface area (Å²) in [7, 11) is 0. The highest BCUT2D eigenvalue weighted by atomic mass is 35.5. The fourth-order valence-electron chi connectivity index (χ4n) is 0.907. The van der Waals surface area contributed by atoms with Crippen molar-refractivity contribution in [3.05, 3.63) is 12.7 Å². The van der Waals surface area contributed by atoms with Gasteiger partial charge in [0.2, 0.25) is 5.91 Å². The predicted octanol–water partition coefficient (Wildman–Crippen LogP) is 1.23. The number of hydrogen-bond donors (Lipinski definition) is 2. The second-order valence-electron chi connectivity index (χ2n) is 2.70. The Morgan fingerprint density at radius 1 is 1.31 bits per heavy atom. The van der Waals surface area contributed by atoms with Crippen LogP contribution in [0.5, 0.6) is 0 Å². The lowest BCUT2D eigenvalue weighted by Gasteiger charge is -2.01. The molecule has 0 saturated heterocycles. The van der Waals surface area contributed by atoms with Gasteiger partial charge in [0.25, 0.3) is 0 Å². The molecule has 3 nitrogen and oxygen atoms in total. The smallest absolute Gasteiger partial charge is 0.243 e. The van der Waals surface area contributed by atoms with Crippen LogP contribution >= 0.6 is 12.4 Å². The third-order valence-corrected chi connectivity index (χ3v) is 1.62. The molecule has 0 rings (SSSR count). The molecule has 0 radical (unpaired) electrons. The van der Waals surface area contributed by atoms with Crippen LogP contribution in [0, 0.1) is 0 Å². The lowest BCUT2D eigenvalue weighted by atomic mass is 10.2. The molecule has 3 N–H and O–H groups in total. The molecular formula is C9H19ClN2O. The summed E-state index contributed by atoms with van der Waals surface area (Å²) in [5.41, 5.74) is 5.33. The van der Waals surface area contributed by atoms with Crippen molar-refractivity contribution in [2.24, 2.45) is 5.73 Å². The van der Waals surface area contributed by atoms with Crippen molar-refractivity contribution in [2.45, 2.75) is 25.7 Å². The molecule has 0 bridgehead atoms. The number of rotatable bonds is 7. The van der Waals surface area contributed by atoms with Gasteiger partial charge in [0.15, 0.2) is 0 Å². The van der Waals surface area contributed by atoms with Crippen LogP contribution in [0.1, 0.15) is 25.7 Å². The lowest BCUT2D eigenvalue weighted by molar-refractivity contribution is -0.116. The molecule has 13 heavy (non-hydrogen) atoms. The van der Waals surface area contributed by atoms with Gasteiger partial charge in [-0.05, 0) is 25.5 Å². The van der Waals surface area contributed by atoms with E-state index in [1.165, 1.54) is 6.08 Å². The molecule has 0 aliphatic heterocycles. The molecule has 0 aliphatic carbocycles. The standard InChI is InChI=1S/C9H18N2O.ClH/c1-2-9(12)11-8-6-4-3-5-7-10;/h2H,1,3-8,10H2,(H,11,12);1H. The number of nitrogens with one attached hydrogen (secondary N) is 1. The van der Waals surface area contributed by atoms with Gasteiger partial charge in [-0.25, -0.2) is 0 Å². The minimum absolute atomic E-state index is 0. The zero-order valence-corrected chi connectivity index (χ0v) is 8.74. The van der Waals surface area contributed by atoms with Gasteiger partial charge in [-0.2, -0.15) is 0 Å². The summed E-state index contributed by atoms with van der Waals surface area (Å²) in [4.78, 5) is 10.7. The second kappa shape index (κ2) is 11.5. The maximum Gasteiger partial charge on any atom is 0.243 e. The number of unbranched alkanes of at least 4 members (excludes halogenated alkanes) is 3. The van der Waals surface area contributed by atoms with Gasteiger partial charge in [0, 0.05) is 6.54 Å². The molecule has 0 heterocycles. The van der Waals surface area contributed by atoms with Crippen molar-refractivity contribution in [3.8, 4) is 0 Å². The zero-order chi connectivity index (χ0) is 9.23. The third kappa shape index (κ3) is 11.5. The van der Waals surface area contributed by atoms with Crippen molar-refractivity contribution in [3.63, 3.8) is 0 Å². The lowest BCUT2D eigenvalue weighted by Crippen LogP contribution is -2.21. The molecule has 0 aromatic carbocycles. The maximum atomic E-state index is 10.7. The minimum atomic E-state index is -0.0891. The van der Waals surface area contributed by atoms with Crippen LogP contribution in [0.4, 0.5) is 0 Å². The van der Waals surface area contributed by atoms with Gasteiger partial charge < -0.3 is 11.1 Å². The van der Waals surface area contributed by atoms with Gasteiger partial charge >= 0.3 is 0 Å². The second-order valence-corrected chi connectivity index (χ2v) is 2.70. The monoisotopic (exact) mass is 206 g/mol. The number of nitrogens with two attached hydrogens (primary N) is 1. The molecule has 0 aromatic rings. The number of hydrogen-bond acceptors (Lipinski definition) is 2. The van der Waals surface area contributed by atoms with Crippen LogP contribution in [0.25, 0.3) is 0 Å². The number of carbonyl (C=O) groups is 1. The van der Waals surface area contributed by atoms with Gasteiger partial charge in [-0.1, -0.05) is 19.4 Å². The van der Waals surface area contributed by atoms with Gasteiger partial charge in [0.05, 0.1) is 0 Å². The minimum Gasteiger partial charge on any atom is -0.353 e. The van der Waals surface area contributed by atoms with Crippen molar-refractivity contribution < 1.29 is 4.79 Å². The first kappa shape index (κ1) is 15.0. The Balaban J connectivity index is 0. The van der Waals surface area contributed by atoms with Crippen LogP contribution in [0.15, 0.2) is 12.7 Å². The summed E-state index contributed by atoms with van der Waals surface area (Å²) in [6.45, 7) is 4.87. The Labute approximate surface area is 86.2 Å². The van der Waals surface area contributed by atoms with Crippen molar-refractivity contribution >= 4 is 18.3 Å². The van der Waals surface area contributed by atoms with E-state index in [4.69, 9.17) is 5.73 Å².